The molecule has 0 aliphatic heterocycles. The molecule has 64 valence electrons. The van der Waals surface area contributed by atoms with Gasteiger partial charge >= 0.3 is 0 Å². The molecule has 0 aliphatic carbocycles. The number of hydrogen-bond acceptors (Lipinski definition) is 0. The fourth-order valence-electron chi connectivity index (χ4n) is 1.01. The van der Waals surface area contributed by atoms with Gasteiger partial charge in [-0.3, -0.25) is 0 Å². The third-order valence-corrected chi connectivity index (χ3v) is 1.74. The highest BCUT2D eigenvalue weighted by Gasteiger charge is 1.89. The first-order valence-corrected chi connectivity index (χ1v) is 4.09. The fourth-order valence-corrected chi connectivity index (χ4v) is 1.01. The van der Waals surface area contributed by atoms with Gasteiger partial charge in [0.05, 0.1) is 0 Å². The van der Waals surface area contributed by atoms with Crippen LogP contribution in [0.15, 0.2) is 42.5 Å². The highest BCUT2D eigenvalue weighted by atomic mass is 13.9. The molecule has 0 saturated heterocycles. The van der Waals surface area contributed by atoms with E-state index in [1.807, 2.05) is 25.1 Å². The van der Waals surface area contributed by atoms with Crippen molar-refractivity contribution in [3.05, 3.63) is 53.6 Å². The molecule has 0 spiro atoms. The Labute approximate surface area is 75.7 Å². The topological polar surface area (TPSA) is 0 Å². The number of allylic oxidation sites excluding steroid dienone is 2. The molecule has 1 rings (SSSR count). The Bertz CT molecular complexity index is 311. The van der Waals surface area contributed by atoms with Crippen LogP contribution >= 0.6 is 0 Å². The van der Waals surface area contributed by atoms with Crippen LogP contribution in [0.1, 0.15) is 19.5 Å². The Kier molecular flexibility index (Phi) is 2.87. The van der Waals surface area contributed by atoms with Crippen LogP contribution in [0.3, 0.4) is 0 Å². The summed E-state index contributed by atoms with van der Waals surface area (Å²) >= 11 is 0. The van der Waals surface area contributed by atoms with Gasteiger partial charge in [0.25, 0.3) is 0 Å². The first-order valence-electron chi connectivity index (χ1n) is 4.09. The monoisotopic (exact) mass is 160 g/mol. The Morgan fingerprint density at radius 3 is 2.67 bits per heavy atom. The van der Waals surface area contributed by atoms with Crippen molar-refractivity contribution in [2.45, 2.75) is 13.8 Å². The summed E-state index contributed by atoms with van der Waals surface area (Å²) in [5.41, 5.74) is 3.65. The Morgan fingerprint density at radius 2 is 2.08 bits per heavy atom. The van der Waals surface area contributed by atoms with E-state index in [-0.39, 0.29) is 1.43 Å². The molecule has 0 radical (unpaired) electrons. The van der Waals surface area contributed by atoms with Crippen LogP contribution in [0.25, 0.3) is 6.08 Å². The SMILES string of the molecule is C=C(C)/C=C\c1ccccc1C.[HH]. The first-order chi connectivity index (χ1) is 5.70. The second-order valence-corrected chi connectivity index (χ2v) is 3.04. The highest BCUT2D eigenvalue weighted by molar-refractivity contribution is 5.55. The summed E-state index contributed by atoms with van der Waals surface area (Å²) in [4.78, 5) is 0. The molecule has 12 heavy (non-hydrogen) atoms. The van der Waals surface area contributed by atoms with E-state index in [9.17, 15) is 0 Å². The third kappa shape index (κ3) is 2.39. The van der Waals surface area contributed by atoms with E-state index in [1.54, 1.807) is 0 Å². The van der Waals surface area contributed by atoms with E-state index in [0.29, 0.717) is 0 Å². The normalized spacial score (nSPS) is 10.5. The quantitative estimate of drug-likeness (QED) is 0.577. The standard InChI is InChI=1S/C12H14.H2/c1-10(2)8-9-12-7-5-4-6-11(12)3;/h4-9H,1H2,2-3H3;1H/b9-8-;. The van der Waals surface area contributed by atoms with E-state index in [2.05, 4.69) is 31.7 Å². The number of aryl methyl sites for hydroxylation is 1. The minimum Gasteiger partial charge on any atom is -0.0961 e. The summed E-state index contributed by atoms with van der Waals surface area (Å²) in [7, 11) is 0. The van der Waals surface area contributed by atoms with Crippen LogP contribution in [-0.4, -0.2) is 0 Å². The van der Waals surface area contributed by atoms with Gasteiger partial charge in [-0.05, 0) is 25.0 Å². The summed E-state index contributed by atoms with van der Waals surface area (Å²) in [6.07, 6.45) is 4.12. The van der Waals surface area contributed by atoms with Crippen LogP contribution in [0.2, 0.25) is 0 Å². The van der Waals surface area contributed by atoms with Crippen molar-refractivity contribution in [2.24, 2.45) is 0 Å². The molecule has 0 unspecified atom stereocenters. The first kappa shape index (κ1) is 8.79. The maximum atomic E-state index is 3.81. The molecule has 0 heterocycles. The van der Waals surface area contributed by atoms with Crippen LogP contribution in [0.4, 0.5) is 0 Å². The van der Waals surface area contributed by atoms with Crippen molar-refractivity contribution in [3.8, 4) is 0 Å². The van der Waals surface area contributed by atoms with Crippen molar-refractivity contribution in [2.75, 3.05) is 0 Å². The van der Waals surface area contributed by atoms with Gasteiger partial charge in [0.2, 0.25) is 0 Å². The zero-order valence-corrected chi connectivity index (χ0v) is 7.67. The van der Waals surface area contributed by atoms with E-state index in [1.165, 1.54) is 11.1 Å². The lowest BCUT2D eigenvalue weighted by atomic mass is 10.1. The molecular formula is C12H16. The van der Waals surface area contributed by atoms with E-state index >= 15 is 0 Å². The molecule has 0 amide bonds. The van der Waals surface area contributed by atoms with Crippen molar-refractivity contribution >= 4 is 6.08 Å². The molecular weight excluding hydrogens is 144 g/mol. The molecule has 1 aromatic carbocycles. The molecule has 0 bridgehead atoms. The molecule has 0 nitrogen and oxygen atoms in total. The van der Waals surface area contributed by atoms with Crippen molar-refractivity contribution in [1.82, 2.24) is 0 Å². The van der Waals surface area contributed by atoms with Gasteiger partial charge in [-0.15, -0.1) is 0 Å². The van der Waals surface area contributed by atoms with E-state index in [4.69, 9.17) is 0 Å². The molecule has 0 aromatic heterocycles. The van der Waals surface area contributed by atoms with Gasteiger partial charge in [0.15, 0.2) is 0 Å². The molecule has 0 heteroatoms. The summed E-state index contributed by atoms with van der Waals surface area (Å²) < 4.78 is 0. The number of rotatable bonds is 2. The van der Waals surface area contributed by atoms with Crippen LogP contribution in [0.5, 0.6) is 0 Å². The Morgan fingerprint density at radius 1 is 1.42 bits per heavy atom. The van der Waals surface area contributed by atoms with Gasteiger partial charge < -0.3 is 0 Å². The zero-order chi connectivity index (χ0) is 8.97. The smallest absolute Gasteiger partial charge is 0 e. The zero-order valence-electron chi connectivity index (χ0n) is 7.67. The second-order valence-electron chi connectivity index (χ2n) is 3.04. The molecule has 0 fully saturated rings. The predicted molar refractivity (Wildman–Crippen MR) is 57.1 cm³/mol. The lowest BCUT2D eigenvalue weighted by Gasteiger charge is -1.97. The van der Waals surface area contributed by atoms with Gasteiger partial charge in [-0.1, -0.05) is 48.6 Å². The number of benzene rings is 1. The summed E-state index contributed by atoms with van der Waals surface area (Å²) in [6.45, 7) is 7.92. The van der Waals surface area contributed by atoms with Gasteiger partial charge in [-0.2, -0.15) is 0 Å². The molecule has 0 N–H and O–H groups in total. The fraction of sp³-hybridized carbons (Fsp3) is 0.167. The highest BCUT2D eigenvalue weighted by Crippen LogP contribution is 2.09. The molecule has 1 aromatic rings. The average molecular weight is 160 g/mol. The van der Waals surface area contributed by atoms with Crippen molar-refractivity contribution in [1.29, 1.82) is 0 Å². The average Bonchev–Trinajstić information content (AvgIpc) is 2.03. The van der Waals surface area contributed by atoms with Crippen LogP contribution in [-0.2, 0) is 0 Å². The predicted octanol–water partition coefficient (Wildman–Crippen LogP) is 3.83. The molecule has 0 saturated carbocycles. The minimum atomic E-state index is 0. The van der Waals surface area contributed by atoms with E-state index in [0.717, 1.165) is 5.57 Å². The molecule has 0 atom stereocenters. The van der Waals surface area contributed by atoms with Gasteiger partial charge in [0, 0.05) is 1.43 Å². The summed E-state index contributed by atoms with van der Waals surface area (Å²) in [5, 5.41) is 0. The number of hydrogen-bond donors (Lipinski definition) is 0. The van der Waals surface area contributed by atoms with Crippen LogP contribution in [0, 0.1) is 6.92 Å². The maximum absolute atomic E-state index is 3.81. The summed E-state index contributed by atoms with van der Waals surface area (Å²) in [5.74, 6) is 0. The van der Waals surface area contributed by atoms with Gasteiger partial charge in [-0.25, -0.2) is 0 Å². The Balaban J connectivity index is 0.00000144. The second kappa shape index (κ2) is 3.91. The lowest BCUT2D eigenvalue weighted by Crippen LogP contribution is -1.77. The van der Waals surface area contributed by atoms with E-state index < -0.39 is 0 Å². The Hall–Kier alpha value is -1.30. The van der Waals surface area contributed by atoms with Gasteiger partial charge in [0.1, 0.15) is 0 Å². The minimum absolute atomic E-state index is 0. The maximum Gasteiger partial charge on any atom is 0 e. The molecule has 0 aliphatic rings. The van der Waals surface area contributed by atoms with Crippen molar-refractivity contribution < 1.29 is 1.43 Å². The van der Waals surface area contributed by atoms with Crippen LogP contribution < -0.4 is 0 Å². The largest absolute Gasteiger partial charge is 0.0961 e. The lowest BCUT2D eigenvalue weighted by molar-refractivity contribution is 1.44. The summed E-state index contributed by atoms with van der Waals surface area (Å²) in [6, 6.07) is 8.31. The van der Waals surface area contributed by atoms with Crippen molar-refractivity contribution in [3.63, 3.8) is 0 Å². The third-order valence-electron chi connectivity index (χ3n) is 1.74.